The number of benzene rings is 3. The highest BCUT2D eigenvalue weighted by molar-refractivity contribution is 7.89. The van der Waals surface area contributed by atoms with Gasteiger partial charge in [0.1, 0.15) is 23.2 Å². The third-order valence-corrected chi connectivity index (χ3v) is 9.67. The Hall–Kier alpha value is -2.90. The van der Waals surface area contributed by atoms with Crippen LogP contribution in [0.5, 0.6) is 0 Å². The van der Waals surface area contributed by atoms with Crippen LogP contribution < -0.4 is 5.32 Å². The lowest BCUT2D eigenvalue weighted by molar-refractivity contribution is -0.139. The second-order valence-corrected chi connectivity index (χ2v) is 12.3. The second-order valence-electron chi connectivity index (χ2n) is 9.87. The number of thiol groups is 1. The lowest BCUT2D eigenvalue weighted by atomic mass is 9.84. The van der Waals surface area contributed by atoms with Gasteiger partial charge in [0, 0.05) is 30.8 Å². The summed E-state index contributed by atoms with van der Waals surface area (Å²) < 4.78 is 19.7. The van der Waals surface area contributed by atoms with Crippen LogP contribution in [-0.2, 0) is 37.5 Å². The first-order valence-corrected chi connectivity index (χ1v) is 15.1. The molecule has 2 atom stereocenters. The summed E-state index contributed by atoms with van der Waals surface area (Å²) in [7, 11) is 0.179. The molecule has 2 heterocycles. The summed E-state index contributed by atoms with van der Waals surface area (Å²) in [6.45, 7) is 3.39. The summed E-state index contributed by atoms with van der Waals surface area (Å²) in [5.41, 5.74) is 5.79. The molecule has 202 valence electrons. The second kappa shape index (κ2) is 12.1. The van der Waals surface area contributed by atoms with Crippen molar-refractivity contribution < 1.29 is 13.7 Å². The lowest BCUT2D eigenvalue weighted by Crippen LogP contribution is -2.32. The Morgan fingerprint density at radius 2 is 1.79 bits per heavy atom. The Morgan fingerprint density at radius 3 is 2.59 bits per heavy atom. The molecule has 8 heteroatoms. The van der Waals surface area contributed by atoms with Gasteiger partial charge in [0.15, 0.2) is 4.91 Å². The smallest absolute Gasteiger partial charge is 0.336 e. The van der Waals surface area contributed by atoms with Gasteiger partial charge in [-0.25, -0.2) is 4.79 Å². The molecule has 0 amide bonds. The van der Waals surface area contributed by atoms with E-state index in [9.17, 15) is 9.00 Å². The van der Waals surface area contributed by atoms with Gasteiger partial charge in [-0.15, -0.1) is 4.21 Å². The maximum Gasteiger partial charge on any atom is 0.336 e. The van der Waals surface area contributed by atoms with E-state index in [1.54, 1.807) is 12.1 Å². The first-order valence-electron chi connectivity index (χ1n) is 12.9. The SMILES string of the molecule is CC1=C(C(=O)OCCN(C)Cc2ccccc2)C(c2cccc(Cl)c2Cl)C2=C(N1)c1ccccc1CC[SH+]2=O. The maximum absolute atomic E-state index is 13.8. The number of dihydropyridines is 1. The summed E-state index contributed by atoms with van der Waals surface area (Å²) >= 11 is 13.2. The van der Waals surface area contributed by atoms with E-state index in [1.165, 1.54) is 5.56 Å². The molecular weight excluding hydrogens is 551 g/mol. The fraction of sp³-hybridized carbons (Fsp3) is 0.258. The predicted octanol–water partition coefficient (Wildman–Crippen LogP) is 6.25. The number of rotatable bonds is 7. The number of aryl methyl sites for hydroxylation is 1. The van der Waals surface area contributed by atoms with E-state index in [0.717, 1.165) is 23.4 Å². The quantitative estimate of drug-likeness (QED) is 0.203. The number of nitrogens with zero attached hydrogens (tertiary/aromatic N) is 1. The van der Waals surface area contributed by atoms with E-state index in [0.29, 0.717) is 50.5 Å². The first-order chi connectivity index (χ1) is 18.8. The molecular formula is C31H31Cl2N2O3S+. The average Bonchev–Trinajstić information content (AvgIpc) is 3.06. The maximum atomic E-state index is 13.8. The standard InChI is InChI=1S/C31H30Cl2N2O3S/c1-20-26(31(36)38-17-16-35(2)19-21-9-4-3-5-10-21)27(24-13-8-14-25(32)28(24)33)30-29(34-20)23-12-7-6-11-22(23)15-18-39(30)37/h3-14,27,34H,15-19H2,1-2H3/p+1. The van der Waals surface area contributed by atoms with Crippen LogP contribution in [0.3, 0.4) is 0 Å². The first kappa shape index (κ1) is 27.7. The molecule has 0 bridgehead atoms. The van der Waals surface area contributed by atoms with Crippen molar-refractivity contribution in [3.63, 3.8) is 0 Å². The molecule has 5 rings (SSSR count). The Labute approximate surface area is 241 Å². The van der Waals surface area contributed by atoms with E-state index in [-0.39, 0.29) is 6.61 Å². The molecule has 0 radical (unpaired) electrons. The number of hydrogen-bond donors (Lipinski definition) is 1. The molecule has 39 heavy (non-hydrogen) atoms. The summed E-state index contributed by atoms with van der Waals surface area (Å²) in [5.74, 6) is -0.619. The van der Waals surface area contributed by atoms with Crippen molar-refractivity contribution in [1.82, 2.24) is 10.2 Å². The van der Waals surface area contributed by atoms with Gasteiger partial charge >= 0.3 is 5.97 Å². The van der Waals surface area contributed by atoms with Crippen molar-refractivity contribution in [2.24, 2.45) is 0 Å². The van der Waals surface area contributed by atoms with Gasteiger partial charge in [-0.2, -0.15) is 0 Å². The van der Waals surface area contributed by atoms with Crippen molar-refractivity contribution in [3.8, 4) is 0 Å². The third kappa shape index (κ3) is 5.85. The number of carbonyl (C=O) groups is 1. The highest BCUT2D eigenvalue weighted by atomic mass is 35.5. The van der Waals surface area contributed by atoms with Crippen LogP contribution in [0.1, 0.15) is 35.1 Å². The van der Waals surface area contributed by atoms with Crippen LogP contribution in [0.2, 0.25) is 10.0 Å². The zero-order chi connectivity index (χ0) is 27.5. The number of fused-ring (bicyclic) bond motifs is 2. The molecule has 0 fully saturated rings. The Morgan fingerprint density at radius 1 is 1.05 bits per heavy atom. The van der Waals surface area contributed by atoms with Crippen LogP contribution in [-0.4, -0.2) is 36.8 Å². The largest absolute Gasteiger partial charge is 0.461 e. The summed E-state index contributed by atoms with van der Waals surface area (Å²) in [4.78, 5) is 16.5. The minimum atomic E-state index is -1.81. The van der Waals surface area contributed by atoms with Gasteiger partial charge in [0.2, 0.25) is 0 Å². The normalized spacial score (nSPS) is 18.8. The zero-order valence-corrected chi connectivity index (χ0v) is 24.3. The van der Waals surface area contributed by atoms with Gasteiger partial charge in [-0.05, 0) is 36.7 Å². The average molecular weight is 583 g/mol. The van der Waals surface area contributed by atoms with Gasteiger partial charge in [-0.3, -0.25) is 4.90 Å². The van der Waals surface area contributed by atoms with Crippen molar-refractivity contribution in [3.05, 3.63) is 121 Å². The number of allylic oxidation sites excluding steroid dienone is 2. The molecule has 2 aliphatic rings. The minimum Gasteiger partial charge on any atom is -0.461 e. The van der Waals surface area contributed by atoms with E-state index in [4.69, 9.17) is 27.9 Å². The molecule has 2 aliphatic heterocycles. The topological polar surface area (TPSA) is 58.6 Å². The monoisotopic (exact) mass is 581 g/mol. The van der Waals surface area contributed by atoms with E-state index in [2.05, 4.69) is 28.4 Å². The Balaban J connectivity index is 1.47. The van der Waals surface area contributed by atoms with Crippen LogP contribution in [0.4, 0.5) is 0 Å². The molecule has 0 aromatic heterocycles. The number of ether oxygens (including phenoxy) is 1. The van der Waals surface area contributed by atoms with Gasteiger partial charge in [0.05, 0.1) is 27.2 Å². The molecule has 0 aliphatic carbocycles. The van der Waals surface area contributed by atoms with Crippen molar-refractivity contribution in [2.45, 2.75) is 25.8 Å². The van der Waals surface area contributed by atoms with Gasteiger partial charge in [0.25, 0.3) is 0 Å². The van der Waals surface area contributed by atoms with Crippen LogP contribution in [0.25, 0.3) is 5.70 Å². The molecule has 2 unspecified atom stereocenters. The molecule has 1 N–H and O–H groups in total. The fourth-order valence-corrected chi connectivity index (χ4v) is 7.36. The molecule has 3 aromatic rings. The molecule has 3 aromatic carbocycles. The van der Waals surface area contributed by atoms with Gasteiger partial charge < -0.3 is 10.1 Å². The highest BCUT2D eigenvalue weighted by Gasteiger charge is 2.44. The molecule has 0 saturated carbocycles. The summed E-state index contributed by atoms with van der Waals surface area (Å²) in [6.07, 6.45) is 0.683. The Bertz CT molecular complexity index is 1490. The molecule has 0 spiro atoms. The number of likely N-dealkylation sites (N-methyl/N-ethyl adjacent to an activating group) is 1. The Kier molecular flexibility index (Phi) is 8.57. The number of nitrogens with one attached hydrogen (secondary N) is 1. The van der Waals surface area contributed by atoms with Crippen molar-refractivity contribution in [1.29, 1.82) is 0 Å². The van der Waals surface area contributed by atoms with Crippen LogP contribution in [0, 0.1) is 0 Å². The van der Waals surface area contributed by atoms with Crippen molar-refractivity contribution >= 4 is 45.7 Å². The van der Waals surface area contributed by atoms with Gasteiger partial charge in [-0.1, -0.05) is 89.9 Å². The van der Waals surface area contributed by atoms with Crippen LogP contribution >= 0.6 is 23.2 Å². The van der Waals surface area contributed by atoms with E-state index >= 15 is 0 Å². The van der Waals surface area contributed by atoms with E-state index < -0.39 is 22.7 Å². The number of halogens is 2. The lowest BCUT2D eigenvalue weighted by Gasteiger charge is -2.30. The molecule has 0 saturated heterocycles. The molecule has 5 nitrogen and oxygen atoms in total. The minimum absolute atomic E-state index is 0.218. The van der Waals surface area contributed by atoms with E-state index in [1.807, 2.05) is 56.4 Å². The highest BCUT2D eigenvalue weighted by Crippen LogP contribution is 2.47. The summed E-state index contributed by atoms with van der Waals surface area (Å²) in [6, 6.07) is 23.6. The predicted molar refractivity (Wildman–Crippen MR) is 160 cm³/mol. The van der Waals surface area contributed by atoms with Crippen LogP contribution in [0.15, 0.2) is 89.0 Å². The summed E-state index contributed by atoms with van der Waals surface area (Å²) in [5, 5.41) is 4.16. The fourth-order valence-electron chi connectivity index (χ4n) is 5.28. The number of hydrogen-bond acceptors (Lipinski definition) is 5. The zero-order valence-electron chi connectivity index (χ0n) is 21.9. The number of carbonyl (C=O) groups excluding carboxylic acids is 1. The third-order valence-electron chi connectivity index (χ3n) is 7.19. The number of esters is 1. The van der Waals surface area contributed by atoms with Crippen molar-refractivity contribution in [2.75, 3.05) is 26.0 Å².